The molecule has 2 bridgehead atoms. The van der Waals surface area contributed by atoms with E-state index in [2.05, 4.69) is 26.1 Å². The summed E-state index contributed by atoms with van der Waals surface area (Å²) in [6, 6.07) is 12.1. The van der Waals surface area contributed by atoms with Crippen molar-refractivity contribution in [1.29, 1.82) is 0 Å². The van der Waals surface area contributed by atoms with Crippen molar-refractivity contribution in [3.05, 3.63) is 53.6 Å². The molecule has 0 aromatic heterocycles. The van der Waals surface area contributed by atoms with Gasteiger partial charge in [-0.1, -0.05) is 39.0 Å². The first-order valence-electron chi connectivity index (χ1n) is 9.98. The molecule has 0 saturated carbocycles. The maximum atomic E-state index is 13.6. The first-order valence-corrected chi connectivity index (χ1v) is 11.5. The summed E-state index contributed by atoms with van der Waals surface area (Å²) in [5.74, 6) is 0.109. The van der Waals surface area contributed by atoms with Crippen LogP contribution in [0.2, 0.25) is 0 Å². The van der Waals surface area contributed by atoms with Crippen LogP contribution in [0.5, 0.6) is 11.5 Å². The summed E-state index contributed by atoms with van der Waals surface area (Å²) in [4.78, 5) is 13.2. The van der Waals surface area contributed by atoms with Gasteiger partial charge in [-0.3, -0.25) is 4.79 Å². The van der Waals surface area contributed by atoms with Gasteiger partial charge in [-0.2, -0.15) is 0 Å². The molecular formula is C23H27NO5S. The molecule has 1 amide bonds. The Bertz CT molecular complexity index is 1100. The zero-order valence-corrected chi connectivity index (χ0v) is 18.7. The van der Waals surface area contributed by atoms with E-state index in [4.69, 9.17) is 9.47 Å². The van der Waals surface area contributed by atoms with Crippen LogP contribution in [-0.2, 0) is 20.0 Å². The number of carbonyl (C=O) groups excluding carboxylic acids is 1. The van der Waals surface area contributed by atoms with Gasteiger partial charge in [0.15, 0.2) is 20.8 Å². The summed E-state index contributed by atoms with van der Waals surface area (Å²) in [6.07, 6.45) is 0.377. The molecule has 7 heteroatoms. The fourth-order valence-corrected chi connectivity index (χ4v) is 6.18. The Labute approximate surface area is 177 Å². The predicted molar refractivity (Wildman–Crippen MR) is 114 cm³/mol. The lowest BCUT2D eigenvalue weighted by atomic mass is 9.81. The summed E-state index contributed by atoms with van der Waals surface area (Å²) in [7, 11) is -2.35. The Morgan fingerprint density at radius 1 is 1.13 bits per heavy atom. The zero-order chi connectivity index (χ0) is 21.9. The van der Waals surface area contributed by atoms with E-state index in [1.165, 1.54) is 0 Å². The van der Waals surface area contributed by atoms with Gasteiger partial charge in [-0.15, -0.1) is 0 Å². The van der Waals surface area contributed by atoms with Gasteiger partial charge >= 0.3 is 0 Å². The molecule has 0 unspecified atom stereocenters. The minimum atomic E-state index is -3.91. The van der Waals surface area contributed by atoms with Crippen molar-refractivity contribution in [1.82, 2.24) is 5.32 Å². The van der Waals surface area contributed by atoms with Gasteiger partial charge in [-0.25, -0.2) is 8.42 Å². The van der Waals surface area contributed by atoms with Crippen molar-refractivity contribution in [3.63, 3.8) is 0 Å². The molecule has 1 fully saturated rings. The molecule has 2 heterocycles. The van der Waals surface area contributed by atoms with E-state index >= 15 is 0 Å². The van der Waals surface area contributed by atoms with Gasteiger partial charge < -0.3 is 14.8 Å². The number of hydrogen-bond acceptors (Lipinski definition) is 5. The second-order valence-electron chi connectivity index (χ2n) is 9.28. The molecule has 160 valence electrons. The third kappa shape index (κ3) is 3.35. The number of nitrogens with one attached hydrogen (secondary N) is 1. The third-order valence-corrected chi connectivity index (χ3v) is 8.10. The topological polar surface area (TPSA) is 81.7 Å². The summed E-state index contributed by atoms with van der Waals surface area (Å²) < 4.78 is 38.4. The van der Waals surface area contributed by atoms with Crippen molar-refractivity contribution in [2.24, 2.45) is 0 Å². The van der Waals surface area contributed by atoms with Crippen LogP contribution in [0.3, 0.4) is 0 Å². The zero-order valence-electron chi connectivity index (χ0n) is 17.9. The normalized spacial score (nSPS) is 25.7. The second kappa shape index (κ2) is 6.74. The van der Waals surface area contributed by atoms with Crippen LogP contribution in [0.4, 0.5) is 0 Å². The smallest absolute Gasteiger partial charge is 0.242 e. The van der Waals surface area contributed by atoms with E-state index in [1.807, 2.05) is 12.1 Å². The van der Waals surface area contributed by atoms with E-state index in [0.29, 0.717) is 23.5 Å². The number of piperidine rings is 1. The minimum absolute atomic E-state index is 0.0922. The second-order valence-corrected chi connectivity index (χ2v) is 11.3. The summed E-state index contributed by atoms with van der Waals surface area (Å²) >= 11 is 0. The first kappa shape index (κ1) is 20.7. The molecule has 1 N–H and O–H groups in total. The number of ether oxygens (including phenoxy) is 2. The monoisotopic (exact) mass is 429 g/mol. The molecule has 0 spiro atoms. The fourth-order valence-electron chi connectivity index (χ4n) is 4.36. The molecule has 3 atom stereocenters. The molecule has 2 aliphatic heterocycles. The number of carbonyl (C=O) groups is 1. The highest BCUT2D eigenvalue weighted by molar-refractivity contribution is 7.92. The van der Waals surface area contributed by atoms with E-state index in [0.717, 1.165) is 5.56 Å². The molecule has 30 heavy (non-hydrogen) atoms. The highest BCUT2D eigenvalue weighted by Gasteiger charge is 2.54. The van der Waals surface area contributed by atoms with Crippen LogP contribution >= 0.6 is 0 Å². The minimum Gasteiger partial charge on any atom is -0.497 e. The number of benzene rings is 2. The molecule has 4 rings (SSSR count). The van der Waals surface area contributed by atoms with Crippen molar-refractivity contribution in [3.8, 4) is 11.5 Å². The molecule has 0 radical (unpaired) electrons. The van der Waals surface area contributed by atoms with E-state index < -0.39 is 32.6 Å². The van der Waals surface area contributed by atoms with Crippen LogP contribution in [-0.4, -0.2) is 32.4 Å². The molecule has 2 aliphatic rings. The molecule has 2 aromatic rings. The van der Waals surface area contributed by atoms with Gasteiger partial charge in [0.25, 0.3) is 0 Å². The average molecular weight is 430 g/mol. The standard InChI is InChI=1S/C23H27NO5S/c1-22(2,3)14-6-9-16(10-7-14)30(26,27)20-18-13-23(4,24-21(20)25)29-19-12-15(28-5)8-11-17(18)19/h6-12,18,20H,13H2,1-5H3,(H,24,25)/t18-,20-,23-/m0/s1. The number of methoxy groups -OCH3 is 1. The molecule has 1 saturated heterocycles. The first-order chi connectivity index (χ1) is 13.9. The number of fused-ring (bicyclic) bond motifs is 4. The largest absolute Gasteiger partial charge is 0.497 e. The van der Waals surface area contributed by atoms with Gasteiger partial charge in [0.2, 0.25) is 5.91 Å². The molecule has 6 nitrogen and oxygen atoms in total. The highest BCUT2D eigenvalue weighted by atomic mass is 32.2. The highest BCUT2D eigenvalue weighted by Crippen LogP contribution is 2.48. The Kier molecular flexibility index (Phi) is 4.65. The third-order valence-electron chi connectivity index (χ3n) is 5.96. The number of rotatable bonds is 3. The Morgan fingerprint density at radius 3 is 2.40 bits per heavy atom. The summed E-state index contributed by atoms with van der Waals surface area (Å²) in [5.41, 5.74) is 0.697. The number of hydrogen-bond donors (Lipinski definition) is 1. The van der Waals surface area contributed by atoms with Crippen molar-refractivity contribution < 1.29 is 22.7 Å². The SMILES string of the molecule is COc1ccc2c(c1)O[C@@]1(C)C[C@@H]2[C@H](S(=O)(=O)c2ccc(C(C)(C)C)cc2)C(=O)N1. The Hall–Kier alpha value is -2.54. The van der Waals surface area contributed by atoms with Gasteiger partial charge in [0, 0.05) is 18.4 Å². The van der Waals surface area contributed by atoms with Crippen LogP contribution in [0.25, 0.3) is 0 Å². The molecule has 0 aliphatic carbocycles. The van der Waals surface area contributed by atoms with Crippen LogP contribution in [0.1, 0.15) is 51.2 Å². The lowest BCUT2D eigenvalue weighted by Gasteiger charge is -2.46. The maximum absolute atomic E-state index is 13.6. The lowest BCUT2D eigenvalue weighted by Crippen LogP contribution is -2.63. The van der Waals surface area contributed by atoms with Crippen LogP contribution < -0.4 is 14.8 Å². The van der Waals surface area contributed by atoms with E-state index in [9.17, 15) is 13.2 Å². The quantitative estimate of drug-likeness (QED) is 0.807. The van der Waals surface area contributed by atoms with Crippen molar-refractivity contribution >= 4 is 15.7 Å². The van der Waals surface area contributed by atoms with Crippen molar-refractivity contribution in [2.75, 3.05) is 7.11 Å². The Balaban J connectivity index is 1.78. The van der Waals surface area contributed by atoms with E-state index in [-0.39, 0.29) is 10.3 Å². The average Bonchev–Trinajstić information content (AvgIpc) is 2.65. The number of sulfone groups is 1. The van der Waals surface area contributed by atoms with Crippen LogP contribution in [0, 0.1) is 0 Å². The van der Waals surface area contributed by atoms with Crippen LogP contribution in [0.15, 0.2) is 47.4 Å². The van der Waals surface area contributed by atoms with Crippen molar-refractivity contribution in [2.45, 2.75) is 61.3 Å². The Morgan fingerprint density at radius 2 is 1.80 bits per heavy atom. The number of amides is 1. The van der Waals surface area contributed by atoms with Gasteiger partial charge in [0.1, 0.15) is 11.5 Å². The maximum Gasteiger partial charge on any atom is 0.242 e. The predicted octanol–water partition coefficient (Wildman–Crippen LogP) is 3.55. The van der Waals surface area contributed by atoms with Gasteiger partial charge in [-0.05, 0) is 41.7 Å². The van der Waals surface area contributed by atoms with Gasteiger partial charge in [0.05, 0.1) is 12.0 Å². The molecular weight excluding hydrogens is 402 g/mol. The molecule has 2 aromatic carbocycles. The van der Waals surface area contributed by atoms with E-state index in [1.54, 1.807) is 44.4 Å². The summed E-state index contributed by atoms with van der Waals surface area (Å²) in [6.45, 7) is 7.97. The lowest BCUT2D eigenvalue weighted by molar-refractivity contribution is -0.132. The fraction of sp³-hybridized carbons (Fsp3) is 0.435. The summed E-state index contributed by atoms with van der Waals surface area (Å²) in [5, 5.41) is 1.56.